The molecular weight excluding hydrogens is 503 g/mol. The van der Waals surface area contributed by atoms with Crippen molar-refractivity contribution in [3.05, 3.63) is 93.9 Å². The number of nitrogens with one attached hydrogen (secondary N) is 1. The van der Waals surface area contributed by atoms with Gasteiger partial charge in [-0.1, -0.05) is 54.2 Å². The number of carbonyl (C=O) groups is 2. The third-order valence-electron chi connectivity index (χ3n) is 7.11. The number of hydrogen-bond acceptors (Lipinski definition) is 7. The van der Waals surface area contributed by atoms with Crippen LogP contribution in [0.2, 0.25) is 0 Å². The molecule has 0 aliphatic carbocycles. The van der Waals surface area contributed by atoms with Crippen molar-refractivity contribution in [1.29, 1.82) is 0 Å². The average molecular weight is 535 g/mol. The Labute approximate surface area is 226 Å². The van der Waals surface area contributed by atoms with E-state index in [1.165, 1.54) is 36.6 Å². The molecule has 0 saturated carbocycles. The van der Waals surface area contributed by atoms with Crippen molar-refractivity contribution in [1.82, 2.24) is 15.1 Å². The molecule has 3 aliphatic rings. The molecule has 0 spiro atoms. The van der Waals surface area contributed by atoms with Crippen molar-refractivity contribution >= 4 is 28.8 Å². The number of halogens is 1. The van der Waals surface area contributed by atoms with Crippen molar-refractivity contribution in [3.63, 3.8) is 0 Å². The van der Waals surface area contributed by atoms with Gasteiger partial charge in [0, 0.05) is 31.4 Å². The van der Waals surface area contributed by atoms with Gasteiger partial charge in [-0.25, -0.2) is 14.2 Å². The highest BCUT2D eigenvalue weighted by molar-refractivity contribution is 8.16. The Morgan fingerprint density at radius 1 is 1.13 bits per heavy atom. The quantitative estimate of drug-likeness (QED) is 0.517. The maximum Gasteiger partial charge on any atom is 0.338 e. The molecule has 1 N–H and O–H groups in total. The first-order chi connectivity index (χ1) is 18.4. The monoisotopic (exact) mass is 534 g/mol. The number of likely N-dealkylation sites (tertiary alicyclic amines) is 1. The standard InChI is InChI=1S/C29H31FN4O3S/c1-19-26(28(36)37-2)27(21-9-6-10-22(30)15-21)34-24(18-38-29(34)31-19)16-25(35)32-23-11-13-33(14-12-23)17-20-7-4-3-5-8-20/h3-10,15,18,23,27H,11-14,16-17H2,1-2H3,(H,32,35)/t27-/m0/s1. The zero-order valence-electron chi connectivity index (χ0n) is 21.5. The maximum atomic E-state index is 14.2. The predicted molar refractivity (Wildman–Crippen MR) is 146 cm³/mol. The van der Waals surface area contributed by atoms with E-state index in [1.807, 2.05) is 16.4 Å². The van der Waals surface area contributed by atoms with Crippen LogP contribution in [0.15, 0.2) is 82.0 Å². The van der Waals surface area contributed by atoms with Crippen LogP contribution >= 0.6 is 11.8 Å². The predicted octanol–water partition coefficient (Wildman–Crippen LogP) is 4.74. The summed E-state index contributed by atoms with van der Waals surface area (Å²) in [6, 6.07) is 16.1. The summed E-state index contributed by atoms with van der Waals surface area (Å²) in [4.78, 5) is 34.8. The lowest BCUT2D eigenvalue weighted by Crippen LogP contribution is -2.45. The van der Waals surface area contributed by atoms with Crippen LogP contribution in [0.25, 0.3) is 0 Å². The summed E-state index contributed by atoms with van der Waals surface area (Å²) in [6.45, 7) is 4.52. The first-order valence-corrected chi connectivity index (χ1v) is 13.6. The molecule has 7 nitrogen and oxygen atoms in total. The van der Waals surface area contributed by atoms with Gasteiger partial charge in [0.05, 0.1) is 30.8 Å². The number of ether oxygens (including phenoxy) is 1. The number of amidine groups is 1. The number of amides is 1. The highest BCUT2D eigenvalue weighted by Gasteiger charge is 2.41. The van der Waals surface area contributed by atoms with Gasteiger partial charge < -0.3 is 15.0 Å². The molecule has 9 heteroatoms. The summed E-state index contributed by atoms with van der Waals surface area (Å²) >= 11 is 1.40. The van der Waals surface area contributed by atoms with Crippen molar-refractivity contribution in [2.45, 2.75) is 44.8 Å². The number of aliphatic imine (C=N–C) groups is 1. The molecule has 3 aliphatic heterocycles. The molecule has 3 heterocycles. The summed E-state index contributed by atoms with van der Waals surface area (Å²) in [7, 11) is 1.32. The van der Waals surface area contributed by atoms with Gasteiger partial charge in [-0.3, -0.25) is 9.69 Å². The topological polar surface area (TPSA) is 74.2 Å². The van der Waals surface area contributed by atoms with Crippen LogP contribution in [0, 0.1) is 5.82 Å². The fraction of sp³-hybridized carbons (Fsp3) is 0.345. The second-order valence-corrected chi connectivity index (χ2v) is 10.6. The lowest BCUT2D eigenvalue weighted by atomic mass is 9.93. The van der Waals surface area contributed by atoms with Crippen LogP contribution in [0.1, 0.15) is 43.4 Å². The molecule has 2 aromatic carbocycles. The fourth-order valence-corrected chi connectivity index (χ4v) is 6.22. The SMILES string of the molecule is COC(=O)C1=C(C)N=C2SC=C(CC(=O)NC3CCN(Cc4ccccc4)CC3)N2[C@H]1c1cccc(F)c1. The van der Waals surface area contributed by atoms with Gasteiger partial charge in [-0.2, -0.15) is 0 Å². The molecule has 0 aromatic heterocycles. The molecule has 1 fully saturated rings. The smallest absolute Gasteiger partial charge is 0.338 e. The second kappa shape index (κ2) is 11.5. The minimum Gasteiger partial charge on any atom is -0.466 e. The van der Waals surface area contributed by atoms with Crippen LogP contribution in [0.3, 0.4) is 0 Å². The Morgan fingerprint density at radius 3 is 2.61 bits per heavy atom. The summed E-state index contributed by atoms with van der Waals surface area (Å²) in [5.74, 6) is -1.01. The van der Waals surface area contributed by atoms with Gasteiger partial charge in [0.25, 0.3) is 0 Å². The van der Waals surface area contributed by atoms with E-state index in [4.69, 9.17) is 4.74 Å². The minimum atomic E-state index is -0.638. The van der Waals surface area contributed by atoms with Gasteiger partial charge in [-0.15, -0.1) is 0 Å². The van der Waals surface area contributed by atoms with Gasteiger partial charge in [0.1, 0.15) is 5.82 Å². The minimum absolute atomic E-state index is 0.0801. The molecular formula is C29H31FN4O3S. The molecule has 0 bridgehead atoms. The van der Waals surface area contributed by atoms with Crippen LogP contribution in [-0.4, -0.2) is 53.1 Å². The van der Waals surface area contributed by atoms with E-state index >= 15 is 0 Å². The number of methoxy groups -OCH3 is 1. The largest absolute Gasteiger partial charge is 0.466 e. The number of piperidine rings is 1. The number of carbonyl (C=O) groups excluding carboxylic acids is 2. The van der Waals surface area contributed by atoms with Gasteiger partial charge in [0.2, 0.25) is 5.91 Å². The lowest BCUT2D eigenvalue weighted by Gasteiger charge is -2.36. The Bertz CT molecular complexity index is 1300. The molecule has 198 valence electrons. The van der Waals surface area contributed by atoms with E-state index < -0.39 is 17.8 Å². The Kier molecular flexibility index (Phi) is 7.95. The van der Waals surface area contributed by atoms with Crippen LogP contribution in [-0.2, 0) is 20.9 Å². The number of fused-ring (bicyclic) bond motifs is 1. The Hall–Kier alpha value is -3.43. The van der Waals surface area contributed by atoms with E-state index in [1.54, 1.807) is 19.1 Å². The van der Waals surface area contributed by atoms with E-state index in [9.17, 15) is 14.0 Å². The van der Waals surface area contributed by atoms with Crippen LogP contribution in [0.4, 0.5) is 4.39 Å². The number of nitrogens with zero attached hydrogens (tertiary/aromatic N) is 3. The highest BCUT2D eigenvalue weighted by Crippen LogP contribution is 2.44. The summed E-state index contributed by atoms with van der Waals surface area (Å²) in [5.41, 5.74) is 3.46. The van der Waals surface area contributed by atoms with E-state index in [0.717, 1.165) is 38.2 Å². The zero-order chi connectivity index (χ0) is 26.6. The Balaban J connectivity index is 1.26. The maximum absolute atomic E-state index is 14.2. The van der Waals surface area contributed by atoms with Crippen LogP contribution in [0.5, 0.6) is 0 Å². The van der Waals surface area contributed by atoms with Crippen molar-refractivity contribution in [2.75, 3.05) is 20.2 Å². The summed E-state index contributed by atoms with van der Waals surface area (Å²) in [5, 5.41) is 5.74. The molecule has 1 saturated heterocycles. The Morgan fingerprint density at radius 2 is 1.89 bits per heavy atom. The number of hydrogen-bond donors (Lipinski definition) is 1. The normalized spacial score (nSPS) is 20.1. The number of thioether (sulfide) groups is 1. The number of rotatable bonds is 7. The molecule has 38 heavy (non-hydrogen) atoms. The van der Waals surface area contributed by atoms with E-state index in [-0.39, 0.29) is 18.4 Å². The second-order valence-electron chi connectivity index (χ2n) is 9.72. The fourth-order valence-electron chi connectivity index (χ4n) is 5.25. The highest BCUT2D eigenvalue weighted by atomic mass is 32.2. The first kappa shape index (κ1) is 26.2. The van der Waals surface area contributed by atoms with Crippen molar-refractivity contribution in [3.8, 4) is 0 Å². The molecule has 2 aromatic rings. The van der Waals surface area contributed by atoms with Crippen LogP contribution < -0.4 is 5.32 Å². The molecule has 0 unspecified atom stereocenters. The average Bonchev–Trinajstić information content (AvgIpc) is 3.30. The summed E-state index contributed by atoms with van der Waals surface area (Å²) in [6.07, 6.45) is 1.92. The molecule has 0 radical (unpaired) electrons. The van der Waals surface area contributed by atoms with E-state index in [0.29, 0.717) is 22.0 Å². The zero-order valence-corrected chi connectivity index (χ0v) is 22.3. The van der Waals surface area contributed by atoms with Gasteiger partial charge in [0.15, 0.2) is 5.17 Å². The number of esters is 1. The van der Waals surface area contributed by atoms with E-state index in [2.05, 4.69) is 39.5 Å². The summed E-state index contributed by atoms with van der Waals surface area (Å²) < 4.78 is 19.3. The first-order valence-electron chi connectivity index (χ1n) is 12.8. The van der Waals surface area contributed by atoms with Gasteiger partial charge in [-0.05, 0) is 48.4 Å². The van der Waals surface area contributed by atoms with Gasteiger partial charge >= 0.3 is 5.97 Å². The molecule has 1 atom stereocenters. The molecule has 1 amide bonds. The number of allylic oxidation sites excluding steroid dienone is 1. The van der Waals surface area contributed by atoms with Crippen molar-refractivity contribution < 1.29 is 18.7 Å². The third-order valence-corrected chi connectivity index (χ3v) is 8.00. The molecule has 5 rings (SSSR count). The number of benzene rings is 2. The third kappa shape index (κ3) is 5.68. The lowest BCUT2D eigenvalue weighted by molar-refractivity contribution is -0.136. The van der Waals surface area contributed by atoms with Crippen molar-refractivity contribution in [2.24, 2.45) is 4.99 Å².